The number of quaternary nitrogens is 1. The number of rotatable bonds is 7. The van der Waals surface area contributed by atoms with Gasteiger partial charge in [0.25, 0.3) is 11.8 Å². The number of likely N-dealkylation sites (tertiary alicyclic amines) is 1. The molecule has 0 radical (unpaired) electrons. The van der Waals surface area contributed by atoms with Crippen molar-refractivity contribution in [2.24, 2.45) is 5.16 Å². The van der Waals surface area contributed by atoms with Crippen LogP contribution in [-0.2, 0) is 14.4 Å². The van der Waals surface area contributed by atoms with Gasteiger partial charge in [0.15, 0.2) is 9.47 Å². The summed E-state index contributed by atoms with van der Waals surface area (Å²) in [6, 6.07) is -1.04. The van der Waals surface area contributed by atoms with Crippen LogP contribution in [0, 0.1) is 0 Å². The molecule has 190 valence electrons. The van der Waals surface area contributed by atoms with Gasteiger partial charge in [0.1, 0.15) is 11.4 Å². The summed E-state index contributed by atoms with van der Waals surface area (Å²) in [6.45, 7) is 1.91. The topological polar surface area (TPSA) is 200 Å². The van der Waals surface area contributed by atoms with Crippen molar-refractivity contribution in [1.29, 1.82) is 0 Å². The Morgan fingerprint density at radius 2 is 2.03 bits per heavy atom. The van der Waals surface area contributed by atoms with E-state index in [1.54, 1.807) is 0 Å². The Labute approximate surface area is 220 Å². The third-order valence-electron chi connectivity index (χ3n) is 6.03. The van der Waals surface area contributed by atoms with Crippen molar-refractivity contribution in [3.8, 4) is 0 Å². The van der Waals surface area contributed by atoms with E-state index in [0.717, 1.165) is 54.1 Å². The fraction of sp³-hybridized carbons (Fsp3) is 0.444. The number of aromatic nitrogens is 4. The van der Waals surface area contributed by atoms with Gasteiger partial charge in [-0.25, -0.2) is 0 Å². The van der Waals surface area contributed by atoms with Crippen LogP contribution in [0.1, 0.15) is 18.7 Å². The molecule has 5 heterocycles. The summed E-state index contributed by atoms with van der Waals surface area (Å²) in [5.74, 6) is -2.24. The first-order valence-corrected chi connectivity index (χ1v) is 14.0. The second kappa shape index (κ2) is 9.58. The van der Waals surface area contributed by atoms with E-state index >= 15 is 0 Å². The second-order valence-corrected chi connectivity index (χ2v) is 12.3. The number of nitrogen functional groups attached to an aromatic ring is 1. The third-order valence-corrected chi connectivity index (χ3v) is 9.86. The minimum absolute atomic E-state index is 0.0697. The Hall–Kier alpha value is -2.80. The number of nitrogens with two attached hydrogens (primary N) is 1. The van der Waals surface area contributed by atoms with Gasteiger partial charge >= 0.3 is 5.95 Å². The number of carbonyl (C=O) groups is 3. The summed E-state index contributed by atoms with van der Waals surface area (Å²) in [7, 11) is 2.08. The molecule has 2 saturated heterocycles. The molecule has 2 aromatic heterocycles. The molecule has 18 heteroatoms. The van der Waals surface area contributed by atoms with Gasteiger partial charge in [0.2, 0.25) is 11.5 Å². The van der Waals surface area contributed by atoms with E-state index in [2.05, 4.69) is 36.2 Å². The zero-order valence-corrected chi connectivity index (χ0v) is 21.9. The molecule has 0 aromatic carbocycles. The summed E-state index contributed by atoms with van der Waals surface area (Å²) in [4.78, 5) is 47.5. The van der Waals surface area contributed by atoms with Gasteiger partial charge in [-0.2, -0.15) is 14.3 Å². The van der Waals surface area contributed by atoms with Crippen LogP contribution in [0.5, 0.6) is 0 Å². The minimum Gasteiger partial charge on any atom is -0.543 e. The zero-order valence-electron chi connectivity index (χ0n) is 18.6. The van der Waals surface area contributed by atoms with E-state index in [1.807, 2.05) is 0 Å². The fourth-order valence-electron chi connectivity index (χ4n) is 4.19. The van der Waals surface area contributed by atoms with Gasteiger partial charge < -0.3 is 26.2 Å². The lowest BCUT2D eigenvalue weighted by Gasteiger charge is -2.50. The van der Waals surface area contributed by atoms with Crippen molar-refractivity contribution < 1.29 is 24.7 Å². The molecule has 3 aliphatic rings. The monoisotopic (exact) mass is 569 g/mol. The number of oxime groups is 1. The maximum absolute atomic E-state index is 12.9. The number of fused-ring (bicyclic) bond motifs is 1. The highest BCUT2D eigenvalue weighted by molar-refractivity contribution is 8.07. The molecule has 0 spiro atoms. The van der Waals surface area contributed by atoms with Crippen LogP contribution in [0.4, 0.5) is 11.1 Å². The molecular formula is C18H19N9O5S4. The number of hydrogen-bond acceptors (Lipinski definition) is 15. The zero-order chi connectivity index (χ0) is 25.6. The first-order chi connectivity index (χ1) is 17.2. The molecule has 3 aliphatic heterocycles. The summed E-state index contributed by atoms with van der Waals surface area (Å²) >= 11 is 4.44. The van der Waals surface area contributed by atoms with E-state index in [1.165, 1.54) is 23.3 Å². The summed E-state index contributed by atoms with van der Waals surface area (Å²) < 4.78 is 9.53. The number of anilines is 1. The van der Waals surface area contributed by atoms with Crippen molar-refractivity contribution >= 4 is 81.2 Å². The lowest BCUT2D eigenvalue weighted by Crippen LogP contribution is -2.71. The normalized spacial score (nSPS) is 23.4. The summed E-state index contributed by atoms with van der Waals surface area (Å²) in [6.07, 6.45) is 2.20. The van der Waals surface area contributed by atoms with Gasteiger partial charge in [-0.15, -0.1) is 16.1 Å². The molecule has 0 aliphatic carbocycles. The van der Waals surface area contributed by atoms with Gasteiger partial charge in [0.05, 0.1) is 31.8 Å². The highest BCUT2D eigenvalue weighted by Gasteiger charge is 2.53. The highest BCUT2D eigenvalue weighted by Crippen LogP contribution is 2.45. The second-order valence-electron chi connectivity index (χ2n) is 8.34. The number of amides is 2. The summed E-state index contributed by atoms with van der Waals surface area (Å²) in [5, 5.41) is 26.1. The minimum atomic E-state index is -1.50. The average molecular weight is 570 g/mol. The standard InChI is InChI=1S/C18H19N9O5S4/c1-27(4-2-3-5-27)17-22-18(36-25-17)34-7-6-33-14-9(13(29)26(14)10(7)15(30)31)20-12(28)8(23-32)11-21-16(19)35-24-11/h9,14H,2-6H2,1H3,(H4-,19,20,21,24,28,30,31,32)/t9-,14?/m1/s1. The van der Waals surface area contributed by atoms with Crippen LogP contribution in [-0.4, -0.2) is 89.6 Å². The van der Waals surface area contributed by atoms with Crippen molar-refractivity contribution in [3.05, 3.63) is 16.4 Å². The highest BCUT2D eigenvalue weighted by atomic mass is 32.2. The van der Waals surface area contributed by atoms with Gasteiger partial charge in [-0.1, -0.05) is 16.9 Å². The number of carbonyl (C=O) groups excluding carboxylic acids is 3. The van der Waals surface area contributed by atoms with Gasteiger partial charge in [0, 0.05) is 35.0 Å². The van der Waals surface area contributed by atoms with Crippen molar-refractivity contribution in [2.75, 3.05) is 31.6 Å². The van der Waals surface area contributed by atoms with Crippen LogP contribution in [0.15, 0.2) is 20.1 Å². The Morgan fingerprint density at radius 3 is 2.67 bits per heavy atom. The lowest BCUT2D eigenvalue weighted by atomic mass is 10.0. The number of carboxylic acids is 1. The van der Waals surface area contributed by atoms with Gasteiger partial charge in [-0.3, -0.25) is 19.0 Å². The van der Waals surface area contributed by atoms with Gasteiger partial charge in [-0.05, 0) is 11.5 Å². The fourth-order valence-corrected chi connectivity index (χ4v) is 7.96. The van der Waals surface area contributed by atoms with Crippen LogP contribution in [0.3, 0.4) is 0 Å². The SMILES string of the molecule is C[N+]1(c2nsc(SC3=C(C(=O)[O-])N4C(=O)[C@@H](NC(=O)/C(=N\O)c5nsc(N)n5)C4SC3)n2)CCCC1. The molecule has 2 atom stereocenters. The number of aliphatic carboxylic acids is 1. The molecule has 2 aromatic rings. The predicted octanol–water partition coefficient (Wildman–Crippen LogP) is -0.965. The number of nitrogens with one attached hydrogen (secondary N) is 1. The molecule has 2 fully saturated rings. The molecular weight excluding hydrogens is 551 g/mol. The predicted molar refractivity (Wildman–Crippen MR) is 132 cm³/mol. The number of carboxylic acid groups (broad SMARTS) is 1. The van der Waals surface area contributed by atoms with E-state index < -0.39 is 34.9 Å². The van der Waals surface area contributed by atoms with Crippen LogP contribution >= 0.6 is 46.6 Å². The van der Waals surface area contributed by atoms with E-state index in [4.69, 9.17) is 5.73 Å². The third kappa shape index (κ3) is 4.32. The Balaban J connectivity index is 1.32. The smallest absolute Gasteiger partial charge is 0.341 e. The van der Waals surface area contributed by atoms with Crippen molar-refractivity contribution in [2.45, 2.75) is 28.6 Å². The van der Waals surface area contributed by atoms with E-state index in [9.17, 15) is 24.7 Å². The molecule has 5 rings (SSSR count). The molecule has 4 N–H and O–H groups in total. The largest absolute Gasteiger partial charge is 0.543 e. The molecule has 2 amide bonds. The number of nitrogens with zero attached hydrogens (tertiary/aromatic N) is 7. The van der Waals surface area contributed by atoms with Crippen molar-refractivity contribution in [1.82, 2.24) is 33.4 Å². The quantitative estimate of drug-likeness (QED) is 0.121. The molecule has 0 saturated carbocycles. The Kier molecular flexibility index (Phi) is 6.62. The maximum Gasteiger partial charge on any atom is 0.341 e. The molecule has 1 unspecified atom stereocenters. The average Bonchev–Trinajstić information content (AvgIpc) is 3.60. The molecule has 36 heavy (non-hydrogen) atoms. The Bertz CT molecular complexity index is 1300. The lowest BCUT2D eigenvalue weighted by molar-refractivity contribution is -0.301. The first-order valence-electron chi connectivity index (χ1n) is 10.6. The van der Waals surface area contributed by atoms with E-state index in [0.29, 0.717) is 19.7 Å². The molecule has 14 nitrogen and oxygen atoms in total. The maximum atomic E-state index is 12.9. The molecule has 0 bridgehead atoms. The van der Waals surface area contributed by atoms with E-state index in [-0.39, 0.29) is 22.4 Å². The Morgan fingerprint density at radius 1 is 1.28 bits per heavy atom. The number of thioether (sulfide) groups is 2. The number of hydrogen-bond donors (Lipinski definition) is 3. The van der Waals surface area contributed by atoms with Crippen LogP contribution < -0.4 is 20.6 Å². The number of β-lactam (4-membered cyclic amide) rings is 1. The van der Waals surface area contributed by atoms with Crippen molar-refractivity contribution in [3.63, 3.8) is 0 Å². The first kappa shape index (κ1) is 24.9. The summed E-state index contributed by atoms with van der Waals surface area (Å²) in [5.41, 5.74) is 4.75. The van der Waals surface area contributed by atoms with Crippen LogP contribution in [0.25, 0.3) is 0 Å². The van der Waals surface area contributed by atoms with Crippen LogP contribution in [0.2, 0.25) is 0 Å².